The molecule has 1 radical (unpaired) electrons. The maximum absolute atomic E-state index is 12.1. The van der Waals surface area contributed by atoms with Gasteiger partial charge in [-0.15, -0.1) is 0 Å². The first-order valence-corrected chi connectivity index (χ1v) is 18.6. The molecule has 0 saturated heterocycles. The van der Waals surface area contributed by atoms with E-state index in [0.29, 0.717) is 66.5 Å². The van der Waals surface area contributed by atoms with Gasteiger partial charge in [-0.05, 0) is 75.3 Å². The lowest BCUT2D eigenvalue weighted by molar-refractivity contribution is 0.176. The van der Waals surface area contributed by atoms with E-state index in [1.165, 1.54) is 0 Å². The molecule has 0 N–H and O–H groups in total. The fraction of sp³-hybridized carbons (Fsp3) is 0.143. The van der Waals surface area contributed by atoms with Crippen molar-refractivity contribution in [2.75, 3.05) is 0 Å². The largest absolute Gasteiger partial charge is 0.489 e. The van der Waals surface area contributed by atoms with Crippen LogP contribution < -0.4 is 28.4 Å². The Hall–Kier alpha value is -6.70. The molecule has 7 rings (SSSR count). The van der Waals surface area contributed by atoms with Crippen molar-refractivity contribution < 1.29 is 33.5 Å². The summed E-state index contributed by atoms with van der Waals surface area (Å²) in [5, 5.41) is 12.1. The van der Waals surface area contributed by atoms with Crippen LogP contribution in [0, 0.1) is 0 Å². The maximum Gasteiger partial charge on any atom is 0.123 e. The highest BCUT2D eigenvalue weighted by molar-refractivity contribution is 5.42. The Morgan fingerprint density at radius 3 is 0.696 bits per heavy atom. The van der Waals surface area contributed by atoms with Crippen LogP contribution in [0.1, 0.15) is 38.9 Å². The normalized spacial score (nSPS) is 10.7. The average Bonchev–Trinajstić information content (AvgIpc) is 3.26. The van der Waals surface area contributed by atoms with Crippen molar-refractivity contribution in [1.82, 2.24) is 0 Å². The quantitative estimate of drug-likeness (QED) is 0.0821. The Kier molecular flexibility index (Phi) is 13.1. The molecule has 0 fully saturated rings. The van der Waals surface area contributed by atoms with Gasteiger partial charge in [0, 0.05) is 18.2 Å². The van der Waals surface area contributed by atoms with E-state index in [1.807, 2.05) is 158 Å². The molecule has 281 valence electrons. The Labute approximate surface area is 328 Å². The summed E-state index contributed by atoms with van der Waals surface area (Å²) >= 11 is 0. The van der Waals surface area contributed by atoms with Crippen LogP contribution in [0.25, 0.3) is 0 Å². The van der Waals surface area contributed by atoms with Gasteiger partial charge in [0.15, 0.2) is 0 Å². The number of hydrogen-bond donors (Lipinski definition) is 0. The minimum absolute atomic E-state index is 0.217. The molecule has 0 saturated carbocycles. The van der Waals surface area contributed by atoms with Crippen molar-refractivity contribution in [2.45, 2.75) is 46.2 Å². The highest BCUT2D eigenvalue weighted by Crippen LogP contribution is 2.30. The third-order valence-corrected chi connectivity index (χ3v) is 8.79. The van der Waals surface area contributed by atoms with Crippen LogP contribution in [-0.4, -0.2) is 0 Å². The van der Waals surface area contributed by atoms with Gasteiger partial charge < -0.3 is 28.4 Å². The van der Waals surface area contributed by atoms with E-state index in [4.69, 9.17) is 28.4 Å². The van der Waals surface area contributed by atoms with Crippen molar-refractivity contribution >= 4 is 0 Å². The molecule has 7 heteroatoms. The van der Waals surface area contributed by atoms with E-state index in [9.17, 15) is 5.11 Å². The standard InChI is InChI=1S/C49H43O7/c50-30-41-21-44(55-35-42-23-46(51-31-37-13-5-1-6-14-37)28-47(24-42)52-32-38-15-7-2-8-16-38)27-45(22-41)56-36-43-25-48(53-33-39-17-9-3-10-18-39)29-49(26-43)54-34-40-19-11-4-12-20-40/h1-29H,30-36H2. The average molecular weight is 744 g/mol. The molecule has 0 atom stereocenters. The molecule has 0 aromatic heterocycles. The molecular weight excluding hydrogens is 701 g/mol. The van der Waals surface area contributed by atoms with Crippen molar-refractivity contribution in [3.8, 4) is 34.5 Å². The van der Waals surface area contributed by atoms with E-state index >= 15 is 0 Å². The molecule has 0 heterocycles. The summed E-state index contributed by atoms with van der Waals surface area (Å²) in [7, 11) is 0. The summed E-state index contributed by atoms with van der Waals surface area (Å²) in [6.45, 7) is 1.67. The molecule has 0 spiro atoms. The second-order valence-corrected chi connectivity index (χ2v) is 13.3. The van der Waals surface area contributed by atoms with Crippen molar-refractivity contribution in [3.05, 3.63) is 215 Å². The first-order chi connectivity index (χ1) is 27.6. The van der Waals surface area contributed by atoms with Gasteiger partial charge in [-0.3, -0.25) is 0 Å². The Balaban J connectivity index is 1.04. The first kappa shape index (κ1) is 37.6. The summed E-state index contributed by atoms with van der Waals surface area (Å²) in [6, 6.07) is 56.9. The zero-order valence-corrected chi connectivity index (χ0v) is 31.1. The molecule has 0 unspecified atom stereocenters. The molecule has 0 amide bonds. The predicted molar refractivity (Wildman–Crippen MR) is 215 cm³/mol. The minimum Gasteiger partial charge on any atom is -0.489 e. The van der Waals surface area contributed by atoms with Crippen LogP contribution in [0.2, 0.25) is 0 Å². The SMILES string of the molecule is [O]Cc1cc(OCc2cc(OCc3ccccc3)cc(OCc3ccccc3)c2)cc(OCc2cc(OCc3ccccc3)cc(OCc3ccccc3)c2)c1. The summed E-state index contributed by atoms with van der Waals surface area (Å²) < 4.78 is 37.3. The third kappa shape index (κ3) is 11.6. The van der Waals surface area contributed by atoms with Gasteiger partial charge in [-0.25, -0.2) is 5.11 Å². The maximum atomic E-state index is 12.1. The van der Waals surface area contributed by atoms with Crippen LogP contribution >= 0.6 is 0 Å². The van der Waals surface area contributed by atoms with E-state index in [-0.39, 0.29) is 13.2 Å². The molecule has 0 aliphatic carbocycles. The van der Waals surface area contributed by atoms with Crippen molar-refractivity contribution in [2.24, 2.45) is 0 Å². The van der Waals surface area contributed by atoms with Crippen LogP contribution in [0.3, 0.4) is 0 Å². The van der Waals surface area contributed by atoms with E-state index in [2.05, 4.69) is 0 Å². The van der Waals surface area contributed by atoms with Crippen molar-refractivity contribution in [1.29, 1.82) is 0 Å². The van der Waals surface area contributed by atoms with Gasteiger partial charge in [-0.2, -0.15) is 0 Å². The second kappa shape index (κ2) is 19.6. The lowest BCUT2D eigenvalue weighted by Gasteiger charge is -2.15. The van der Waals surface area contributed by atoms with E-state index in [0.717, 1.165) is 33.4 Å². The van der Waals surface area contributed by atoms with Gasteiger partial charge in [0.2, 0.25) is 0 Å². The fourth-order valence-electron chi connectivity index (χ4n) is 5.94. The lowest BCUT2D eigenvalue weighted by Crippen LogP contribution is -2.03. The minimum atomic E-state index is -0.422. The Morgan fingerprint density at radius 1 is 0.250 bits per heavy atom. The molecule has 7 aromatic rings. The summed E-state index contributed by atoms with van der Waals surface area (Å²) in [6.07, 6.45) is 0. The van der Waals surface area contributed by atoms with Gasteiger partial charge >= 0.3 is 0 Å². The molecule has 7 aromatic carbocycles. The van der Waals surface area contributed by atoms with Gasteiger partial charge in [0.1, 0.15) is 80.7 Å². The predicted octanol–water partition coefficient (Wildman–Crippen LogP) is 11.1. The zero-order chi connectivity index (χ0) is 38.2. The second-order valence-electron chi connectivity index (χ2n) is 13.3. The van der Waals surface area contributed by atoms with Gasteiger partial charge in [-0.1, -0.05) is 121 Å². The number of hydrogen-bond acceptors (Lipinski definition) is 6. The Bertz CT molecular complexity index is 1960. The molecular formula is C49H43O7. The fourth-order valence-corrected chi connectivity index (χ4v) is 5.94. The molecule has 7 nitrogen and oxygen atoms in total. The highest BCUT2D eigenvalue weighted by Gasteiger charge is 2.11. The van der Waals surface area contributed by atoms with Crippen LogP contribution in [0.4, 0.5) is 0 Å². The molecule has 0 bridgehead atoms. The van der Waals surface area contributed by atoms with E-state index in [1.54, 1.807) is 18.2 Å². The summed E-state index contributed by atoms with van der Waals surface area (Å²) in [5.41, 5.74) is 6.50. The number of ether oxygens (including phenoxy) is 6. The lowest BCUT2D eigenvalue weighted by atomic mass is 10.2. The van der Waals surface area contributed by atoms with Gasteiger partial charge in [0.25, 0.3) is 0 Å². The summed E-state index contributed by atoms with van der Waals surface area (Å²) in [4.78, 5) is 0. The van der Waals surface area contributed by atoms with E-state index < -0.39 is 6.61 Å². The summed E-state index contributed by atoms with van der Waals surface area (Å²) in [5.74, 6) is 3.69. The highest BCUT2D eigenvalue weighted by atomic mass is 16.5. The number of rotatable bonds is 19. The zero-order valence-electron chi connectivity index (χ0n) is 31.1. The topological polar surface area (TPSA) is 75.3 Å². The molecule has 56 heavy (non-hydrogen) atoms. The van der Waals surface area contributed by atoms with Gasteiger partial charge in [0.05, 0.1) is 0 Å². The third-order valence-electron chi connectivity index (χ3n) is 8.79. The molecule has 0 aliphatic heterocycles. The van der Waals surface area contributed by atoms with Crippen molar-refractivity contribution in [3.63, 3.8) is 0 Å². The van der Waals surface area contributed by atoms with Crippen LogP contribution in [0.15, 0.2) is 176 Å². The first-order valence-electron chi connectivity index (χ1n) is 18.6. The smallest absolute Gasteiger partial charge is 0.123 e. The monoisotopic (exact) mass is 743 g/mol. The van der Waals surface area contributed by atoms with Crippen LogP contribution in [-0.2, 0) is 51.4 Å². The number of benzene rings is 7. The molecule has 0 aliphatic rings. The Morgan fingerprint density at radius 2 is 0.464 bits per heavy atom. The van der Waals surface area contributed by atoms with Crippen LogP contribution in [0.5, 0.6) is 34.5 Å².